The summed E-state index contributed by atoms with van der Waals surface area (Å²) in [7, 11) is 0. The number of esters is 1. The predicted octanol–water partition coefficient (Wildman–Crippen LogP) is 4.25. The Balaban J connectivity index is 1.67. The van der Waals surface area contributed by atoms with Crippen molar-refractivity contribution in [1.82, 2.24) is 15.6 Å². The molecule has 0 aliphatic heterocycles. The van der Waals surface area contributed by atoms with E-state index < -0.39 is 61.5 Å². The van der Waals surface area contributed by atoms with Crippen molar-refractivity contribution in [2.45, 2.75) is 43.9 Å². The highest BCUT2D eigenvalue weighted by molar-refractivity contribution is 5.88. The summed E-state index contributed by atoms with van der Waals surface area (Å²) >= 11 is 0. The Bertz CT molecular complexity index is 1360. The molecule has 1 heterocycles. The predicted molar refractivity (Wildman–Crippen MR) is 151 cm³/mol. The van der Waals surface area contributed by atoms with E-state index in [1.54, 1.807) is 48.7 Å². The zero-order valence-corrected chi connectivity index (χ0v) is 23.0. The van der Waals surface area contributed by atoms with Crippen LogP contribution in [0.2, 0.25) is 0 Å². The van der Waals surface area contributed by atoms with Crippen LogP contribution in [0.1, 0.15) is 37.3 Å². The van der Waals surface area contributed by atoms with Gasteiger partial charge in [-0.3, -0.25) is 14.4 Å². The van der Waals surface area contributed by atoms with Crippen LogP contribution in [0.15, 0.2) is 79.0 Å². The maximum absolute atomic E-state index is 13.2. The smallest absolute Gasteiger partial charge is 0.481 e. The second kappa shape index (κ2) is 15.9. The van der Waals surface area contributed by atoms with Crippen LogP contribution in [0.4, 0.5) is 19.0 Å². The Morgan fingerprint density at radius 2 is 1.56 bits per heavy atom. The molecule has 0 radical (unpaired) electrons. The lowest BCUT2D eigenvalue weighted by atomic mass is 9.98. The number of carboxylic acids is 1. The zero-order valence-electron chi connectivity index (χ0n) is 23.0. The summed E-state index contributed by atoms with van der Waals surface area (Å²) in [6.45, 7) is -0.433. The lowest BCUT2D eigenvalue weighted by Crippen LogP contribution is -2.48. The number of carbonyl (C=O) groups is 4. The summed E-state index contributed by atoms with van der Waals surface area (Å²) in [4.78, 5) is 52.7. The van der Waals surface area contributed by atoms with Crippen LogP contribution in [0.5, 0.6) is 0 Å². The summed E-state index contributed by atoms with van der Waals surface area (Å²) in [6, 6.07) is 19.1. The molecule has 1 unspecified atom stereocenters. The quantitative estimate of drug-likeness (QED) is 0.150. The largest absolute Gasteiger partial charge is 0.490 e. The van der Waals surface area contributed by atoms with E-state index >= 15 is 0 Å². The Morgan fingerprint density at radius 3 is 2.19 bits per heavy atom. The number of benzene rings is 2. The van der Waals surface area contributed by atoms with Gasteiger partial charge in [-0.1, -0.05) is 60.7 Å². The number of ether oxygens (including phenoxy) is 1. The van der Waals surface area contributed by atoms with E-state index in [2.05, 4.69) is 25.7 Å². The standard InChI is InChI=1S/C30H31F3N4O6/c31-30(32,33)29(42)43-18-15-23(36-26(38)10-6-17-35-25-9-4-5-16-34-25)28(41)37-24(19-27(39)40)22-13-11-21(12-14-22)20-7-2-1-3-8-20/h1-5,7-9,11-14,16,23-24H,6,10,15,17-19H2,(H,34,35)(H,36,38)(H,37,41)(H,39,40)/t23-,24?/m1/s1. The molecule has 3 rings (SSSR count). The fourth-order valence-corrected chi connectivity index (χ4v) is 4.06. The highest BCUT2D eigenvalue weighted by Crippen LogP contribution is 2.24. The number of nitrogens with zero attached hydrogens (tertiary/aromatic N) is 1. The summed E-state index contributed by atoms with van der Waals surface area (Å²) < 4.78 is 41.9. The fraction of sp³-hybridized carbons (Fsp3) is 0.300. The Kier molecular flexibility index (Phi) is 12.0. The number of aromatic nitrogens is 1. The van der Waals surface area contributed by atoms with E-state index in [0.29, 0.717) is 24.3 Å². The van der Waals surface area contributed by atoms with Crippen molar-refractivity contribution in [1.29, 1.82) is 0 Å². The summed E-state index contributed by atoms with van der Waals surface area (Å²) in [5, 5.41) is 17.5. The van der Waals surface area contributed by atoms with Crippen LogP contribution in [-0.4, -0.2) is 59.2 Å². The molecule has 43 heavy (non-hydrogen) atoms. The number of carboxylic acid groups (broad SMARTS) is 1. The minimum absolute atomic E-state index is 0.0363. The van der Waals surface area contributed by atoms with Gasteiger partial charge in [-0.25, -0.2) is 9.78 Å². The number of hydrogen-bond acceptors (Lipinski definition) is 7. The third-order valence-corrected chi connectivity index (χ3v) is 6.19. The number of carbonyl (C=O) groups excluding carboxylic acids is 3. The van der Waals surface area contributed by atoms with E-state index in [9.17, 15) is 37.5 Å². The van der Waals surface area contributed by atoms with Crippen molar-refractivity contribution in [3.8, 4) is 11.1 Å². The number of rotatable bonds is 15. The zero-order chi connectivity index (χ0) is 31.2. The molecule has 3 aromatic rings. The van der Waals surface area contributed by atoms with Gasteiger partial charge in [0, 0.05) is 25.6 Å². The van der Waals surface area contributed by atoms with Crippen LogP contribution in [0, 0.1) is 0 Å². The van der Waals surface area contributed by atoms with Crippen LogP contribution in [0.25, 0.3) is 11.1 Å². The number of pyridine rings is 1. The fourth-order valence-electron chi connectivity index (χ4n) is 4.06. The first-order valence-corrected chi connectivity index (χ1v) is 13.4. The maximum atomic E-state index is 13.2. The van der Waals surface area contributed by atoms with Gasteiger partial charge in [-0.05, 0) is 35.2 Å². The van der Waals surface area contributed by atoms with Crippen molar-refractivity contribution in [2.24, 2.45) is 0 Å². The lowest BCUT2D eigenvalue weighted by Gasteiger charge is -2.23. The SMILES string of the molecule is O=C(O)CC(NC(=O)[C@@H](CCOC(=O)C(F)(F)F)NC(=O)CCCNc1ccccn1)c1ccc(-c2ccccc2)cc1. The molecule has 1 aromatic heterocycles. The van der Waals surface area contributed by atoms with Crippen molar-refractivity contribution in [3.05, 3.63) is 84.6 Å². The van der Waals surface area contributed by atoms with Gasteiger partial charge in [0.25, 0.3) is 0 Å². The Morgan fingerprint density at radius 1 is 0.884 bits per heavy atom. The van der Waals surface area contributed by atoms with Gasteiger partial charge in [0.2, 0.25) is 11.8 Å². The van der Waals surface area contributed by atoms with E-state index in [0.717, 1.165) is 11.1 Å². The molecule has 0 fully saturated rings. The second-order valence-electron chi connectivity index (χ2n) is 9.43. The minimum atomic E-state index is -5.22. The molecule has 2 amide bonds. The normalized spacial score (nSPS) is 12.4. The van der Waals surface area contributed by atoms with Crippen LogP contribution >= 0.6 is 0 Å². The number of nitrogens with one attached hydrogen (secondary N) is 3. The Labute approximate surface area is 245 Å². The second-order valence-corrected chi connectivity index (χ2v) is 9.43. The molecule has 13 heteroatoms. The molecule has 2 aromatic carbocycles. The number of halogens is 3. The number of aliphatic carboxylic acids is 1. The molecular weight excluding hydrogens is 569 g/mol. The molecule has 10 nitrogen and oxygen atoms in total. The van der Waals surface area contributed by atoms with E-state index in [-0.39, 0.29) is 6.42 Å². The van der Waals surface area contributed by atoms with Gasteiger partial charge in [0.05, 0.1) is 19.1 Å². The number of hydrogen-bond donors (Lipinski definition) is 4. The number of anilines is 1. The van der Waals surface area contributed by atoms with Gasteiger partial charge in [0.15, 0.2) is 0 Å². The number of alkyl halides is 3. The van der Waals surface area contributed by atoms with Crippen molar-refractivity contribution in [3.63, 3.8) is 0 Å². The van der Waals surface area contributed by atoms with E-state index in [1.807, 2.05) is 30.3 Å². The molecular formula is C30H31F3N4O6. The average Bonchev–Trinajstić information content (AvgIpc) is 2.98. The van der Waals surface area contributed by atoms with Crippen LogP contribution in [0.3, 0.4) is 0 Å². The van der Waals surface area contributed by atoms with Crippen LogP contribution < -0.4 is 16.0 Å². The summed E-state index contributed by atoms with van der Waals surface area (Å²) in [6.07, 6.45) is -4.29. The van der Waals surface area contributed by atoms with Gasteiger partial charge in [-0.15, -0.1) is 0 Å². The Hall–Kier alpha value is -4.94. The summed E-state index contributed by atoms with van der Waals surface area (Å²) in [5.74, 6) is -4.46. The molecule has 0 aliphatic carbocycles. The molecule has 0 saturated heterocycles. The number of amides is 2. The van der Waals surface area contributed by atoms with Crippen molar-refractivity contribution < 1.29 is 42.2 Å². The van der Waals surface area contributed by atoms with Gasteiger partial charge >= 0.3 is 18.1 Å². The molecule has 0 saturated carbocycles. The first kappa shape index (κ1) is 32.6. The molecule has 0 bridgehead atoms. The molecule has 4 N–H and O–H groups in total. The first-order chi connectivity index (χ1) is 20.5. The highest BCUT2D eigenvalue weighted by atomic mass is 19.4. The van der Waals surface area contributed by atoms with Crippen molar-refractivity contribution >= 4 is 29.6 Å². The molecule has 0 spiro atoms. The van der Waals surface area contributed by atoms with Gasteiger partial charge in [-0.2, -0.15) is 13.2 Å². The monoisotopic (exact) mass is 600 g/mol. The highest BCUT2D eigenvalue weighted by Gasteiger charge is 2.41. The maximum Gasteiger partial charge on any atom is 0.490 e. The third kappa shape index (κ3) is 11.1. The van der Waals surface area contributed by atoms with Crippen molar-refractivity contribution in [2.75, 3.05) is 18.5 Å². The molecule has 0 aliphatic rings. The first-order valence-electron chi connectivity index (χ1n) is 13.4. The molecule has 2 atom stereocenters. The van der Waals surface area contributed by atoms with Gasteiger partial charge < -0.3 is 25.8 Å². The summed E-state index contributed by atoms with van der Waals surface area (Å²) in [5.41, 5.74) is 2.25. The average molecular weight is 601 g/mol. The van der Waals surface area contributed by atoms with Gasteiger partial charge in [0.1, 0.15) is 11.9 Å². The topological polar surface area (TPSA) is 147 Å². The molecule has 228 valence electrons. The lowest BCUT2D eigenvalue weighted by molar-refractivity contribution is -0.199. The minimum Gasteiger partial charge on any atom is -0.481 e. The third-order valence-electron chi connectivity index (χ3n) is 6.19. The van der Waals surface area contributed by atoms with E-state index in [4.69, 9.17) is 0 Å². The van der Waals surface area contributed by atoms with Crippen LogP contribution in [-0.2, 0) is 23.9 Å². The van der Waals surface area contributed by atoms with E-state index in [1.165, 1.54) is 0 Å².